The summed E-state index contributed by atoms with van der Waals surface area (Å²) in [6.07, 6.45) is 1.88. The molecule has 1 heterocycles. The van der Waals surface area contributed by atoms with Gasteiger partial charge in [-0.2, -0.15) is 0 Å². The molecule has 0 spiro atoms. The molecule has 0 aromatic carbocycles. The van der Waals surface area contributed by atoms with Gasteiger partial charge >= 0.3 is 0 Å². The Bertz CT molecular complexity index is 358. The summed E-state index contributed by atoms with van der Waals surface area (Å²) in [6.45, 7) is 3.67. The van der Waals surface area contributed by atoms with Crippen molar-refractivity contribution in [1.29, 1.82) is 0 Å². The monoisotopic (exact) mass is 301 g/mol. The second kappa shape index (κ2) is 6.93. The zero-order valence-electron chi connectivity index (χ0n) is 10.8. The van der Waals surface area contributed by atoms with Crippen LogP contribution in [0.5, 0.6) is 5.88 Å². The van der Waals surface area contributed by atoms with Crippen molar-refractivity contribution in [2.45, 2.75) is 19.6 Å². The first kappa shape index (κ1) is 14.4. The number of likely N-dealkylation sites (N-methyl/N-ethyl adjacent to an activating group) is 1. The van der Waals surface area contributed by atoms with Gasteiger partial charge in [0.1, 0.15) is 6.10 Å². The Kier molecular flexibility index (Phi) is 5.88. The molecule has 1 aromatic rings. The van der Waals surface area contributed by atoms with Crippen LogP contribution in [-0.4, -0.2) is 43.7 Å². The highest BCUT2D eigenvalue weighted by atomic mass is 79.9. The molecule has 0 aliphatic rings. The molecule has 0 saturated heterocycles. The molecule has 0 aliphatic heterocycles. The summed E-state index contributed by atoms with van der Waals surface area (Å²) in [5.74, 6) is 0.705. The minimum Gasteiger partial charge on any atom is -0.473 e. The lowest BCUT2D eigenvalue weighted by Gasteiger charge is -2.19. The second-order valence-corrected chi connectivity index (χ2v) is 5.25. The summed E-state index contributed by atoms with van der Waals surface area (Å²) in [4.78, 5) is 6.41. The first-order valence-corrected chi connectivity index (χ1v) is 6.42. The third-order valence-corrected chi connectivity index (χ3v) is 2.63. The molecule has 1 N–H and O–H groups in total. The van der Waals surface area contributed by atoms with E-state index >= 15 is 0 Å². The molecule has 1 rings (SSSR count). The van der Waals surface area contributed by atoms with Crippen molar-refractivity contribution in [1.82, 2.24) is 15.2 Å². The lowest BCUT2D eigenvalue weighted by atomic mass is 10.2. The van der Waals surface area contributed by atoms with Crippen molar-refractivity contribution < 1.29 is 4.74 Å². The minimum atomic E-state index is 0.120. The van der Waals surface area contributed by atoms with Crippen molar-refractivity contribution in [2.75, 3.05) is 27.7 Å². The zero-order chi connectivity index (χ0) is 12.8. The van der Waals surface area contributed by atoms with Crippen LogP contribution in [0.4, 0.5) is 0 Å². The molecule has 0 aliphatic carbocycles. The number of pyridine rings is 1. The third kappa shape index (κ3) is 5.02. The number of ether oxygens (including phenoxy) is 1. The van der Waals surface area contributed by atoms with E-state index in [2.05, 4.69) is 31.1 Å². The fraction of sp³-hybridized carbons (Fsp3) is 0.583. The second-order valence-electron chi connectivity index (χ2n) is 4.34. The predicted octanol–water partition coefficient (Wildman–Crippen LogP) is 1.89. The Morgan fingerprint density at radius 1 is 1.53 bits per heavy atom. The smallest absolute Gasteiger partial charge is 0.218 e. The van der Waals surface area contributed by atoms with Crippen molar-refractivity contribution >= 4 is 15.9 Å². The average Bonchev–Trinajstić information content (AvgIpc) is 2.21. The molecule has 5 heteroatoms. The maximum absolute atomic E-state index is 5.85. The van der Waals surface area contributed by atoms with Gasteiger partial charge in [-0.05, 0) is 50.1 Å². The van der Waals surface area contributed by atoms with Crippen molar-refractivity contribution in [3.8, 4) is 5.88 Å². The molecular formula is C12H20BrN3O. The molecule has 4 nitrogen and oxygen atoms in total. The van der Waals surface area contributed by atoms with Crippen molar-refractivity contribution in [3.63, 3.8) is 0 Å². The zero-order valence-corrected chi connectivity index (χ0v) is 12.4. The molecule has 0 amide bonds. The molecule has 1 unspecified atom stereocenters. The minimum absolute atomic E-state index is 0.120. The van der Waals surface area contributed by atoms with Gasteiger partial charge in [0, 0.05) is 29.3 Å². The largest absolute Gasteiger partial charge is 0.473 e. The summed E-state index contributed by atoms with van der Waals surface area (Å²) in [5.41, 5.74) is 1.06. The third-order valence-electron chi connectivity index (χ3n) is 2.19. The van der Waals surface area contributed by atoms with Crippen LogP contribution in [-0.2, 0) is 6.54 Å². The van der Waals surface area contributed by atoms with Gasteiger partial charge in [-0.25, -0.2) is 4.98 Å². The number of nitrogens with zero attached hydrogens (tertiary/aromatic N) is 2. The van der Waals surface area contributed by atoms with Crippen LogP contribution in [0.3, 0.4) is 0 Å². The molecule has 1 aromatic heterocycles. The van der Waals surface area contributed by atoms with Crippen LogP contribution in [0.25, 0.3) is 0 Å². The number of halogens is 1. The van der Waals surface area contributed by atoms with Crippen LogP contribution >= 0.6 is 15.9 Å². The van der Waals surface area contributed by atoms with E-state index in [0.717, 1.165) is 23.1 Å². The van der Waals surface area contributed by atoms with Gasteiger partial charge in [0.05, 0.1) is 0 Å². The Hall–Kier alpha value is -0.650. The molecule has 0 bridgehead atoms. The lowest BCUT2D eigenvalue weighted by molar-refractivity contribution is 0.168. The van der Waals surface area contributed by atoms with E-state index in [1.165, 1.54) is 0 Å². The highest BCUT2D eigenvalue weighted by molar-refractivity contribution is 9.10. The van der Waals surface area contributed by atoms with E-state index in [1.807, 2.05) is 34.1 Å². The van der Waals surface area contributed by atoms with E-state index in [4.69, 9.17) is 4.74 Å². The van der Waals surface area contributed by atoms with Gasteiger partial charge in [-0.15, -0.1) is 0 Å². The van der Waals surface area contributed by atoms with Crippen LogP contribution in [0.2, 0.25) is 0 Å². The molecule has 0 radical (unpaired) electrons. The highest BCUT2D eigenvalue weighted by Crippen LogP contribution is 2.20. The van der Waals surface area contributed by atoms with Crippen LogP contribution in [0.15, 0.2) is 16.7 Å². The number of aromatic nitrogens is 1. The number of nitrogens with one attached hydrogen (secondary N) is 1. The fourth-order valence-electron chi connectivity index (χ4n) is 1.63. The Balaban J connectivity index is 2.75. The van der Waals surface area contributed by atoms with Gasteiger partial charge in [0.15, 0.2) is 0 Å². The molecule has 1 atom stereocenters. The first-order valence-electron chi connectivity index (χ1n) is 5.63. The predicted molar refractivity (Wildman–Crippen MR) is 73.3 cm³/mol. The molecule has 17 heavy (non-hydrogen) atoms. The van der Waals surface area contributed by atoms with Crippen molar-refractivity contribution in [3.05, 3.63) is 22.3 Å². The van der Waals surface area contributed by atoms with Crippen LogP contribution < -0.4 is 10.1 Å². The lowest BCUT2D eigenvalue weighted by Crippen LogP contribution is -2.28. The average molecular weight is 302 g/mol. The molecule has 0 fully saturated rings. The summed E-state index contributed by atoms with van der Waals surface area (Å²) in [5, 5.41) is 3.11. The SMILES string of the molecule is CNCc1cc(Br)cnc1OC(C)CN(C)C. The Morgan fingerprint density at radius 2 is 2.24 bits per heavy atom. The molecule has 0 saturated carbocycles. The van der Waals surface area contributed by atoms with Gasteiger partial charge in [-0.1, -0.05) is 0 Å². The van der Waals surface area contributed by atoms with Gasteiger partial charge < -0.3 is 15.0 Å². The maximum atomic E-state index is 5.85. The summed E-state index contributed by atoms with van der Waals surface area (Å²) < 4.78 is 6.82. The van der Waals surface area contributed by atoms with E-state index in [0.29, 0.717) is 5.88 Å². The quantitative estimate of drug-likeness (QED) is 0.871. The topological polar surface area (TPSA) is 37.4 Å². The van der Waals surface area contributed by atoms with Gasteiger partial charge in [0.25, 0.3) is 0 Å². The number of rotatable bonds is 6. The standard InChI is InChI=1S/C12H20BrN3O/c1-9(8-16(3)4)17-12-10(6-14-2)5-11(13)7-15-12/h5,7,9,14H,6,8H2,1-4H3. The fourth-order valence-corrected chi connectivity index (χ4v) is 2.01. The van der Waals surface area contributed by atoms with Gasteiger partial charge in [-0.3, -0.25) is 0 Å². The summed E-state index contributed by atoms with van der Waals surface area (Å²) in [7, 11) is 5.97. The number of hydrogen-bond donors (Lipinski definition) is 1. The van der Waals surface area contributed by atoms with Crippen LogP contribution in [0.1, 0.15) is 12.5 Å². The summed E-state index contributed by atoms with van der Waals surface area (Å²) >= 11 is 3.42. The van der Waals surface area contributed by atoms with E-state index in [9.17, 15) is 0 Å². The maximum Gasteiger partial charge on any atom is 0.218 e. The highest BCUT2D eigenvalue weighted by Gasteiger charge is 2.10. The van der Waals surface area contributed by atoms with Gasteiger partial charge in [0.2, 0.25) is 5.88 Å². The van der Waals surface area contributed by atoms with Crippen molar-refractivity contribution in [2.24, 2.45) is 0 Å². The van der Waals surface area contributed by atoms with E-state index < -0.39 is 0 Å². The normalized spacial score (nSPS) is 12.8. The van der Waals surface area contributed by atoms with Crippen LogP contribution in [0, 0.1) is 0 Å². The summed E-state index contributed by atoms with van der Waals surface area (Å²) in [6, 6.07) is 2.03. The Labute approximate surface area is 111 Å². The number of hydrogen-bond acceptors (Lipinski definition) is 4. The molecular weight excluding hydrogens is 282 g/mol. The first-order chi connectivity index (χ1) is 8.02. The van der Waals surface area contributed by atoms with E-state index in [1.54, 1.807) is 6.20 Å². The molecule has 96 valence electrons. The Morgan fingerprint density at radius 3 is 2.82 bits per heavy atom. The van der Waals surface area contributed by atoms with E-state index in [-0.39, 0.29) is 6.10 Å².